The Labute approximate surface area is 116 Å². The minimum Gasteiger partial charge on any atom is -0.381 e. The molecule has 0 aromatic rings. The Morgan fingerprint density at radius 1 is 0.833 bits per heavy atom. The zero-order valence-electron chi connectivity index (χ0n) is 13.0. The van der Waals surface area contributed by atoms with E-state index < -0.39 is 8.07 Å². The summed E-state index contributed by atoms with van der Waals surface area (Å²) in [6.07, 6.45) is 13.0. The van der Waals surface area contributed by atoms with Crippen molar-refractivity contribution in [3.63, 3.8) is 0 Å². The highest BCUT2D eigenvalue weighted by Gasteiger charge is 2.14. The summed E-state index contributed by atoms with van der Waals surface area (Å²) in [7, 11) is -0.902. The van der Waals surface area contributed by atoms with Gasteiger partial charge in [0.25, 0.3) is 0 Å². The fourth-order valence-corrected chi connectivity index (χ4v) is 3.45. The summed E-state index contributed by atoms with van der Waals surface area (Å²) in [5, 5.41) is 0. The second-order valence-electron chi connectivity index (χ2n) is 7.30. The van der Waals surface area contributed by atoms with E-state index in [9.17, 15) is 0 Å². The van der Waals surface area contributed by atoms with Gasteiger partial charge in [0, 0.05) is 21.3 Å². The number of rotatable bonds is 5. The molecular formula is C16H34OSi. The SMILES string of the molecule is C[Si](C)(C)CCOCC1CCCCCCCCC1. The zero-order valence-corrected chi connectivity index (χ0v) is 14.0. The molecule has 0 radical (unpaired) electrons. The maximum absolute atomic E-state index is 5.95. The van der Waals surface area contributed by atoms with Crippen molar-refractivity contribution in [1.29, 1.82) is 0 Å². The Balaban J connectivity index is 2.13. The topological polar surface area (TPSA) is 9.23 Å². The first-order valence-corrected chi connectivity index (χ1v) is 11.9. The average Bonchev–Trinajstić information content (AvgIpc) is 2.31. The van der Waals surface area contributed by atoms with Crippen LogP contribution in [0.2, 0.25) is 25.7 Å². The molecule has 108 valence electrons. The molecule has 0 aromatic heterocycles. The lowest BCUT2D eigenvalue weighted by molar-refractivity contribution is 0.0999. The maximum atomic E-state index is 5.95. The summed E-state index contributed by atoms with van der Waals surface area (Å²) in [6, 6.07) is 1.32. The molecule has 1 nitrogen and oxygen atoms in total. The van der Waals surface area contributed by atoms with E-state index in [-0.39, 0.29) is 0 Å². The Morgan fingerprint density at radius 2 is 1.33 bits per heavy atom. The molecule has 1 rings (SSSR count). The van der Waals surface area contributed by atoms with Crippen molar-refractivity contribution in [3.05, 3.63) is 0 Å². The Bertz CT molecular complexity index is 188. The van der Waals surface area contributed by atoms with E-state index in [0.29, 0.717) is 0 Å². The molecular weight excluding hydrogens is 236 g/mol. The molecule has 0 amide bonds. The molecule has 0 spiro atoms. The van der Waals surface area contributed by atoms with Gasteiger partial charge in [0.15, 0.2) is 0 Å². The van der Waals surface area contributed by atoms with Crippen molar-refractivity contribution in [1.82, 2.24) is 0 Å². The van der Waals surface area contributed by atoms with E-state index in [4.69, 9.17) is 4.74 Å². The molecule has 0 atom stereocenters. The van der Waals surface area contributed by atoms with Gasteiger partial charge in [-0.1, -0.05) is 64.6 Å². The van der Waals surface area contributed by atoms with Gasteiger partial charge in [-0.25, -0.2) is 0 Å². The highest BCUT2D eigenvalue weighted by Crippen LogP contribution is 2.22. The zero-order chi connectivity index (χ0) is 13.3. The van der Waals surface area contributed by atoms with Gasteiger partial charge >= 0.3 is 0 Å². The van der Waals surface area contributed by atoms with Gasteiger partial charge in [-0.05, 0) is 24.8 Å². The quantitative estimate of drug-likeness (QED) is 0.474. The summed E-state index contributed by atoms with van der Waals surface area (Å²) in [5.74, 6) is 0.852. The third-order valence-corrected chi connectivity index (χ3v) is 5.78. The van der Waals surface area contributed by atoms with Crippen LogP contribution >= 0.6 is 0 Å². The molecule has 0 aliphatic heterocycles. The predicted octanol–water partition coefficient (Wildman–Crippen LogP) is 5.48. The van der Waals surface area contributed by atoms with E-state index in [1.807, 2.05) is 0 Å². The summed E-state index contributed by atoms with van der Waals surface area (Å²) in [6.45, 7) is 9.33. The van der Waals surface area contributed by atoms with E-state index in [1.54, 1.807) is 0 Å². The Hall–Kier alpha value is 0.177. The third kappa shape index (κ3) is 9.15. The molecule has 2 heteroatoms. The Morgan fingerprint density at radius 3 is 1.83 bits per heavy atom. The minimum absolute atomic E-state index is 0.852. The fourth-order valence-electron chi connectivity index (χ4n) is 2.69. The molecule has 0 aromatic carbocycles. The average molecular weight is 271 g/mol. The first-order chi connectivity index (χ1) is 8.58. The van der Waals surface area contributed by atoms with E-state index in [2.05, 4.69) is 19.6 Å². The normalized spacial score (nSPS) is 20.8. The molecule has 1 aliphatic carbocycles. The van der Waals surface area contributed by atoms with Crippen LogP contribution in [-0.4, -0.2) is 21.3 Å². The lowest BCUT2D eigenvalue weighted by Gasteiger charge is -2.20. The fraction of sp³-hybridized carbons (Fsp3) is 1.00. The van der Waals surface area contributed by atoms with Crippen LogP contribution in [0.3, 0.4) is 0 Å². The molecule has 0 heterocycles. The lowest BCUT2D eigenvalue weighted by atomic mass is 9.93. The van der Waals surface area contributed by atoms with Gasteiger partial charge in [-0.2, -0.15) is 0 Å². The van der Waals surface area contributed by atoms with Crippen molar-refractivity contribution in [2.45, 2.75) is 83.5 Å². The largest absolute Gasteiger partial charge is 0.381 e. The molecule has 0 bridgehead atoms. The van der Waals surface area contributed by atoms with Crippen molar-refractivity contribution in [2.75, 3.05) is 13.2 Å². The van der Waals surface area contributed by atoms with E-state index >= 15 is 0 Å². The molecule has 1 saturated carbocycles. The van der Waals surface area contributed by atoms with Gasteiger partial charge in [0.05, 0.1) is 0 Å². The lowest BCUT2D eigenvalue weighted by Crippen LogP contribution is -2.22. The van der Waals surface area contributed by atoms with Crippen LogP contribution in [0.25, 0.3) is 0 Å². The van der Waals surface area contributed by atoms with Crippen LogP contribution in [0.15, 0.2) is 0 Å². The van der Waals surface area contributed by atoms with Gasteiger partial charge in [0.2, 0.25) is 0 Å². The van der Waals surface area contributed by atoms with Crippen LogP contribution < -0.4 is 0 Å². The van der Waals surface area contributed by atoms with Crippen LogP contribution in [0.5, 0.6) is 0 Å². The van der Waals surface area contributed by atoms with Crippen molar-refractivity contribution < 1.29 is 4.74 Å². The summed E-state index contributed by atoms with van der Waals surface area (Å²) in [4.78, 5) is 0. The van der Waals surface area contributed by atoms with E-state index in [1.165, 1.54) is 63.8 Å². The van der Waals surface area contributed by atoms with Crippen molar-refractivity contribution in [3.8, 4) is 0 Å². The Kier molecular flexibility index (Phi) is 8.24. The maximum Gasteiger partial charge on any atom is 0.0494 e. The second kappa shape index (κ2) is 9.14. The third-order valence-electron chi connectivity index (χ3n) is 4.07. The standard InChI is InChI=1S/C16H34OSi/c1-18(2,3)14-13-17-15-16-11-9-7-5-4-6-8-10-12-16/h16H,4-15H2,1-3H3. The van der Waals surface area contributed by atoms with Crippen LogP contribution in [0.1, 0.15) is 57.8 Å². The smallest absolute Gasteiger partial charge is 0.0494 e. The van der Waals surface area contributed by atoms with Crippen molar-refractivity contribution in [2.24, 2.45) is 5.92 Å². The molecule has 0 N–H and O–H groups in total. The number of hydrogen-bond acceptors (Lipinski definition) is 1. The number of hydrogen-bond donors (Lipinski definition) is 0. The molecule has 0 saturated heterocycles. The highest BCUT2D eigenvalue weighted by molar-refractivity contribution is 6.76. The monoisotopic (exact) mass is 270 g/mol. The first kappa shape index (κ1) is 16.2. The molecule has 0 unspecified atom stereocenters. The highest BCUT2D eigenvalue weighted by atomic mass is 28.3. The summed E-state index contributed by atoms with van der Waals surface area (Å²) in [5.41, 5.74) is 0. The van der Waals surface area contributed by atoms with E-state index in [0.717, 1.165) is 19.1 Å². The van der Waals surface area contributed by atoms with Gasteiger partial charge in [0.1, 0.15) is 0 Å². The van der Waals surface area contributed by atoms with Crippen molar-refractivity contribution >= 4 is 8.07 Å². The second-order valence-corrected chi connectivity index (χ2v) is 12.9. The van der Waals surface area contributed by atoms with Crippen LogP contribution in [0.4, 0.5) is 0 Å². The molecule has 1 aliphatic rings. The van der Waals surface area contributed by atoms with Gasteiger partial charge in [-0.15, -0.1) is 0 Å². The van der Waals surface area contributed by atoms with Gasteiger partial charge < -0.3 is 4.74 Å². The minimum atomic E-state index is -0.902. The number of ether oxygens (including phenoxy) is 1. The summed E-state index contributed by atoms with van der Waals surface area (Å²) < 4.78 is 5.95. The summed E-state index contributed by atoms with van der Waals surface area (Å²) >= 11 is 0. The molecule has 1 fully saturated rings. The first-order valence-electron chi connectivity index (χ1n) is 8.16. The molecule has 18 heavy (non-hydrogen) atoms. The predicted molar refractivity (Wildman–Crippen MR) is 84.0 cm³/mol. The van der Waals surface area contributed by atoms with Crippen LogP contribution in [0, 0.1) is 5.92 Å². The van der Waals surface area contributed by atoms with Gasteiger partial charge in [-0.3, -0.25) is 0 Å². The van der Waals surface area contributed by atoms with Crippen LogP contribution in [-0.2, 0) is 4.74 Å².